The summed E-state index contributed by atoms with van der Waals surface area (Å²) in [6.45, 7) is 55.3. The molecule has 8 aromatic carbocycles. The van der Waals surface area contributed by atoms with E-state index < -0.39 is 0 Å². The number of benzene rings is 8. The van der Waals surface area contributed by atoms with Crippen LogP contribution < -0.4 is 4.57 Å². The Morgan fingerprint density at radius 1 is 0.421 bits per heavy atom. The third kappa shape index (κ3) is 27.8. The minimum absolute atomic E-state index is 0. The number of aromatic nitrogens is 4. The van der Waals surface area contributed by atoms with Crippen molar-refractivity contribution in [3.8, 4) is 45.0 Å². The van der Waals surface area contributed by atoms with Gasteiger partial charge in [0, 0.05) is 138 Å². The van der Waals surface area contributed by atoms with Crippen LogP contribution in [0.5, 0.6) is 0 Å². The maximum Gasteiger partial charge on any atom is 0.221 e. The molecule has 10 nitrogen and oxygen atoms in total. The second-order valence-electron chi connectivity index (χ2n) is 35.4. The molecule has 0 spiro atoms. The number of aryl methyl sites for hydroxylation is 6. The molecule has 0 unspecified atom stereocenters. The second kappa shape index (κ2) is 50.1. The Morgan fingerprint density at radius 2 is 0.841 bits per heavy atom. The van der Waals surface area contributed by atoms with Crippen LogP contribution in [0, 0.1) is 83.4 Å². The summed E-state index contributed by atoms with van der Waals surface area (Å²) < 4.78 is 2.41. The summed E-state index contributed by atoms with van der Waals surface area (Å²) in [6.07, 6.45) is 18.9. The summed E-state index contributed by atoms with van der Waals surface area (Å²) in [6, 6.07) is 63.5. The Hall–Kier alpha value is -9.02. The number of rotatable bonds is 22. The monoisotopic (exact) mass is 2230 g/mol. The van der Waals surface area contributed by atoms with Gasteiger partial charge in [0.2, 0.25) is 5.69 Å². The molecule has 1 aliphatic heterocycles. The van der Waals surface area contributed by atoms with Crippen molar-refractivity contribution in [1.82, 2.24) is 15.0 Å². The molecular formula is C113H138Ir3N4O6-2. The van der Waals surface area contributed by atoms with Crippen molar-refractivity contribution < 1.29 is 94.6 Å². The first-order chi connectivity index (χ1) is 58.4. The molecule has 2 aliphatic rings. The van der Waals surface area contributed by atoms with E-state index in [9.17, 15) is 24.6 Å². The van der Waals surface area contributed by atoms with Gasteiger partial charge in [-0.15, -0.1) is 105 Å². The quantitative estimate of drug-likeness (QED) is 0.0260. The van der Waals surface area contributed by atoms with Gasteiger partial charge in [-0.2, -0.15) is 4.57 Å². The Balaban J connectivity index is 0.000000265. The molecule has 13 heteroatoms. The summed E-state index contributed by atoms with van der Waals surface area (Å²) in [5.41, 5.74) is 26.5. The van der Waals surface area contributed by atoms with Gasteiger partial charge in [-0.3, -0.25) is 14.4 Å². The number of aliphatic hydroxyl groups is 3. The van der Waals surface area contributed by atoms with Gasteiger partial charge in [0.1, 0.15) is 0 Å². The predicted molar refractivity (Wildman–Crippen MR) is 518 cm³/mol. The van der Waals surface area contributed by atoms with Crippen molar-refractivity contribution in [2.45, 2.75) is 267 Å². The zero-order chi connectivity index (χ0) is 90.4. The number of aliphatic hydroxyl groups excluding tert-OH is 3. The van der Waals surface area contributed by atoms with E-state index in [4.69, 9.17) is 10.1 Å². The van der Waals surface area contributed by atoms with Gasteiger partial charge < -0.3 is 30.3 Å². The molecule has 0 amide bonds. The Morgan fingerprint density at radius 3 is 1.28 bits per heavy atom. The standard InChI is InChI=1S/C23H26N.2C20H20N.C19H16N.2C13H24O2.C5H8O2.3Ir/c1-14(2)18-12-21(15(3)4)20-7-8-24-23(22(20)13-18)19-10-16(5)9-17(6)11-19;1-13(2)16-5-6-19-17(12-16)7-8-21-20(19)18-10-14(3)9-15(4)11-18;1-13(2)17-6-5-16-7-8-21-20(19(16)12-17)18-10-14(3)9-15(4)11-18;1-19(2)14-7-3-5-12-9-10-20-11-13-6-4-8-15(19)17(13)18(20)16(12)14;2*1-5-10(6-2)12(14)9-13(15)11(7-3)8-4;1-4(6)3-5(2)7;;;/h7-10,12-15H,1-6H3;2*5-10,12-13H,1-4H3;3-10H,11H2,1-2H3;2*9-11,14H,5-8H2,1-4H3;3,6H,1-2H3;;;/q3*-1;+1;;;;;;. The molecule has 5 heterocycles. The van der Waals surface area contributed by atoms with Gasteiger partial charge in [-0.1, -0.05) is 251 Å². The van der Waals surface area contributed by atoms with E-state index in [-0.39, 0.29) is 124 Å². The van der Waals surface area contributed by atoms with Gasteiger partial charge in [0.25, 0.3) is 0 Å². The van der Waals surface area contributed by atoms with Crippen LogP contribution in [-0.4, -0.2) is 47.6 Å². The molecule has 3 radical (unpaired) electrons. The van der Waals surface area contributed by atoms with E-state index in [2.05, 4.69) is 295 Å². The largest absolute Gasteiger partial charge is 0.512 e. The number of ketones is 3. The number of carbonyl (C=O) groups is 3. The average molecular weight is 2230 g/mol. The van der Waals surface area contributed by atoms with Crippen molar-refractivity contribution in [1.29, 1.82) is 0 Å². The van der Waals surface area contributed by atoms with Crippen molar-refractivity contribution in [3.63, 3.8) is 0 Å². The van der Waals surface area contributed by atoms with Crippen LogP contribution in [-0.2, 0) is 86.7 Å². The minimum atomic E-state index is -0.125. The third-order valence-corrected chi connectivity index (χ3v) is 24.1. The van der Waals surface area contributed by atoms with Crippen LogP contribution in [0.4, 0.5) is 0 Å². The third-order valence-electron chi connectivity index (χ3n) is 24.1. The molecule has 0 fully saturated rings. The topological polar surface area (TPSA) is 154 Å². The summed E-state index contributed by atoms with van der Waals surface area (Å²) >= 11 is 0. The summed E-state index contributed by atoms with van der Waals surface area (Å²) in [5, 5.41) is 38.2. The van der Waals surface area contributed by atoms with Gasteiger partial charge >= 0.3 is 0 Å². The first kappa shape index (κ1) is 108. The Kier molecular flexibility index (Phi) is 42.7. The van der Waals surface area contributed by atoms with E-state index >= 15 is 0 Å². The first-order valence-corrected chi connectivity index (χ1v) is 45.0. The summed E-state index contributed by atoms with van der Waals surface area (Å²) in [5.74, 6) is 3.09. The SMILES string of the molecule is CC(=O)C=C(C)O.CC1(C)c2cccc3c2-c2c4c1cccc4cc[n+]2C3.CCC(CC)C(=O)C=C(O)C(CC)CC.CCC(CC)C(=O)C=C(O)C(CC)CC.Cc1[c-]c(-c2nccc3c(C(C)C)cc(C(C)C)cc23)cc(C)c1.Cc1[c-]c(-c2nccc3cc(C(C)C)ccc23)cc(C)c1.Cc1[c-]c(-c2nccc3ccc(C(C)C)cc23)cc(C)c1.[Ir].[Ir].[Ir]. The van der Waals surface area contributed by atoms with Crippen molar-refractivity contribution in [3.05, 3.63) is 296 Å². The van der Waals surface area contributed by atoms with Gasteiger partial charge in [-0.05, 0) is 195 Å². The number of carbonyl (C=O) groups excluding carboxylic acids is 3. The molecule has 1 aliphatic carbocycles. The second-order valence-corrected chi connectivity index (χ2v) is 35.4. The van der Waals surface area contributed by atoms with Crippen LogP contribution in [0.1, 0.15) is 286 Å². The van der Waals surface area contributed by atoms with Crippen LogP contribution in [0.15, 0.2) is 206 Å². The summed E-state index contributed by atoms with van der Waals surface area (Å²) in [7, 11) is 0. The molecule has 3 N–H and O–H groups in total. The molecule has 0 atom stereocenters. The number of hydrogen-bond donors (Lipinski definition) is 3. The van der Waals surface area contributed by atoms with E-state index in [0.29, 0.717) is 23.7 Å². The number of allylic oxidation sites excluding steroid dienone is 6. The van der Waals surface area contributed by atoms with E-state index in [1.807, 2.05) is 74.0 Å². The van der Waals surface area contributed by atoms with E-state index in [1.54, 1.807) is 0 Å². The number of nitrogens with zero attached hydrogens (tertiary/aromatic N) is 4. The fraction of sp³-hybridized carbons (Fsp3) is 0.389. The fourth-order valence-corrected chi connectivity index (χ4v) is 17.0. The molecule has 675 valence electrons. The van der Waals surface area contributed by atoms with Crippen LogP contribution >= 0.6 is 0 Å². The molecule has 0 saturated heterocycles. The normalized spacial score (nSPS) is 12.3. The Labute approximate surface area is 795 Å². The molecule has 0 saturated carbocycles. The number of hydrogen-bond acceptors (Lipinski definition) is 9. The average Bonchev–Trinajstić information content (AvgIpc) is 1.48. The zero-order valence-corrected chi connectivity index (χ0v) is 86.9. The maximum atomic E-state index is 11.7. The zero-order valence-electron chi connectivity index (χ0n) is 79.7. The molecule has 0 bridgehead atoms. The molecular weight excluding hydrogens is 2090 g/mol. The maximum absolute atomic E-state index is 11.7. The number of pyridine rings is 4. The van der Waals surface area contributed by atoms with Crippen molar-refractivity contribution >= 4 is 60.4 Å². The first-order valence-electron chi connectivity index (χ1n) is 45.0. The van der Waals surface area contributed by atoms with Crippen LogP contribution in [0.3, 0.4) is 0 Å². The van der Waals surface area contributed by atoms with Crippen LogP contribution in [0.2, 0.25) is 0 Å². The van der Waals surface area contributed by atoms with Crippen molar-refractivity contribution in [2.24, 2.45) is 23.7 Å². The number of fused-ring (bicyclic) bond motifs is 3. The van der Waals surface area contributed by atoms with Gasteiger partial charge in [0.15, 0.2) is 30.1 Å². The van der Waals surface area contributed by atoms with Crippen LogP contribution in [0.25, 0.3) is 88.1 Å². The van der Waals surface area contributed by atoms with Crippen molar-refractivity contribution in [2.75, 3.05) is 0 Å². The van der Waals surface area contributed by atoms with Gasteiger partial charge in [0.05, 0.1) is 28.2 Å². The fourth-order valence-electron chi connectivity index (χ4n) is 17.0. The molecule has 4 aromatic heterocycles. The smallest absolute Gasteiger partial charge is 0.221 e. The predicted octanol–water partition coefficient (Wildman–Crippen LogP) is 30.0. The van der Waals surface area contributed by atoms with E-state index in [0.717, 1.165) is 108 Å². The molecule has 126 heavy (non-hydrogen) atoms. The Bertz CT molecular complexity index is 5660. The minimum Gasteiger partial charge on any atom is -0.512 e. The molecule has 12 aromatic rings. The summed E-state index contributed by atoms with van der Waals surface area (Å²) in [4.78, 5) is 47.4. The van der Waals surface area contributed by atoms with Gasteiger partial charge in [-0.25, -0.2) is 0 Å². The molecule has 14 rings (SSSR count). The van der Waals surface area contributed by atoms with E-state index in [1.165, 1.54) is 142 Å².